The lowest BCUT2D eigenvalue weighted by Gasteiger charge is -2.07. The highest BCUT2D eigenvalue weighted by Gasteiger charge is 2.04. The molecule has 0 saturated carbocycles. The number of carbonyl (C=O) groups is 1. The lowest BCUT2D eigenvalue weighted by atomic mass is 10.3. The van der Waals surface area contributed by atoms with Crippen molar-refractivity contribution < 1.29 is 13.9 Å². The van der Waals surface area contributed by atoms with Crippen molar-refractivity contribution in [1.29, 1.82) is 0 Å². The van der Waals surface area contributed by atoms with E-state index in [9.17, 15) is 4.79 Å². The van der Waals surface area contributed by atoms with Crippen LogP contribution in [-0.2, 0) is 11.4 Å². The van der Waals surface area contributed by atoms with Crippen LogP contribution in [0.25, 0.3) is 11.7 Å². The van der Waals surface area contributed by atoms with E-state index in [0.29, 0.717) is 23.8 Å². The molecule has 140 valence electrons. The molecule has 0 bridgehead atoms. The molecular formula is C22H19N3O3. The summed E-state index contributed by atoms with van der Waals surface area (Å²) >= 11 is 0. The van der Waals surface area contributed by atoms with Crippen molar-refractivity contribution in [1.82, 2.24) is 9.38 Å². The Bertz CT molecular complexity index is 1110. The molecule has 0 saturated heterocycles. The van der Waals surface area contributed by atoms with Crippen molar-refractivity contribution in [2.24, 2.45) is 0 Å². The van der Waals surface area contributed by atoms with E-state index in [0.717, 1.165) is 17.1 Å². The van der Waals surface area contributed by atoms with Gasteiger partial charge in [0, 0.05) is 30.2 Å². The van der Waals surface area contributed by atoms with Gasteiger partial charge in [0.2, 0.25) is 5.91 Å². The smallest absolute Gasteiger partial charge is 0.248 e. The first-order valence-corrected chi connectivity index (χ1v) is 8.87. The minimum atomic E-state index is -0.244. The van der Waals surface area contributed by atoms with E-state index >= 15 is 0 Å². The molecule has 6 nitrogen and oxygen atoms in total. The highest BCUT2D eigenvalue weighted by Crippen LogP contribution is 2.19. The van der Waals surface area contributed by atoms with Crippen molar-refractivity contribution >= 4 is 23.3 Å². The molecule has 3 aromatic heterocycles. The second-order valence-corrected chi connectivity index (χ2v) is 6.29. The SMILES string of the molecule is Cc1ccc(/C=C/C(=O)Nc2cccc(OCc3cn4ccccc4n3)c2)o1. The second-order valence-electron chi connectivity index (χ2n) is 6.29. The Hall–Kier alpha value is -3.80. The number of aryl methyl sites for hydroxylation is 1. The van der Waals surface area contributed by atoms with Gasteiger partial charge in [0.15, 0.2) is 0 Å². The molecule has 4 rings (SSSR count). The third-order valence-corrected chi connectivity index (χ3v) is 4.06. The fourth-order valence-electron chi connectivity index (χ4n) is 2.76. The van der Waals surface area contributed by atoms with Crippen LogP contribution >= 0.6 is 0 Å². The average Bonchev–Trinajstić information content (AvgIpc) is 3.30. The summed E-state index contributed by atoms with van der Waals surface area (Å²) in [6.07, 6.45) is 6.94. The monoisotopic (exact) mass is 373 g/mol. The van der Waals surface area contributed by atoms with Gasteiger partial charge in [-0.3, -0.25) is 4.79 Å². The maximum absolute atomic E-state index is 12.1. The van der Waals surface area contributed by atoms with Gasteiger partial charge in [-0.2, -0.15) is 0 Å². The van der Waals surface area contributed by atoms with Crippen molar-refractivity contribution in [2.75, 3.05) is 5.32 Å². The van der Waals surface area contributed by atoms with E-state index in [-0.39, 0.29) is 5.91 Å². The molecule has 0 aliphatic rings. The average molecular weight is 373 g/mol. The topological polar surface area (TPSA) is 68.8 Å². The van der Waals surface area contributed by atoms with Crippen molar-refractivity contribution in [3.05, 3.63) is 90.3 Å². The number of nitrogens with one attached hydrogen (secondary N) is 1. The molecule has 1 amide bonds. The molecule has 1 N–H and O–H groups in total. The molecule has 6 heteroatoms. The van der Waals surface area contributed by atoms with Gasteiger partial charge in [-0.1, -0.05) is 12.1 Å². The largest absolute Gasteiger partial charge is 0.487 e. The van der Waals surface area contributed by atoms with Crippen LogP contribution in [0, 0.1) is 6.92 Å². The van der Waals surface area contributed by atoms with Gasteiger partial charge in [-0.15, -0.1) is 0 Å². The van der Waals surface area contributed by atoms with Gasteiger partial charge < -0.3 is 18.9 Å². The van der Waals surface area contributed by atoms with Gasteiger partial charge >= 0.3 is 0 Å². The van der Waals surface area contributed by atoms with Gasteiger partial charge in [0.1, 0.15) is 29.5 Å². The standard InChI is InChI=1S/C22H19N3O3/c1-16-8-9-19(28-16)10-11-22(26)24-17-5-4-6-20(13-17)27-15-18-14-25-12-3-2-7-21(25)23-18/h2-14H,15H2,1H3,(H,24,26)/b11-10+. The molecular weight excluding hydrogens is 354 g/mol. The van der Waals surface area contributed by atoms with Crippen molar-refractivity contribution in [2.45, 2.75) is 13.5 Å². The molecule has 0 unspecified atom stereocenters. The predicted molar refractivity (Wildman–Crippen MR) is 107 cm³/mol. The highest BCUT2D eigenvalue weighted by molar-refractivity contribution is 6.01. The molecule has 4 aromatic rings. The number of ether oxygens (including phenoxy) is 1. The zero-order valence-corrected chi connectivity index (χ0v) is 15.3. The van der Waals surface area contributed by atoms with Crippen molar-refractivity contribution in [3.8, 4) is 5.75 Å². The quantitative estimate of drug-likeness (QED) is 0.507. The Morgan fingerprint density at radius 3 is 2.96 bits per heavy atom. The lowest BCUT2D eigenvalue weighted by Crippen LogP contribution is -2.07. The Kier molecular flexibility index (Phi) is 4.93. The number of fused-ring (bicyclic) bond motifs is 1. The van der Waals surface area contributed by atoms with Crippen LogP contribution in [0.5, 0.6) is 5.75 Å². The van der Waals surface area contributed by atoms with E-state index < -0.39 is 0 Å². The Balaban J connectivity index is 1.37. The fraction of sp³-hybridized carbons (Fsp3) is 0.0909. The van der Waals surface area contributed by atoms with Gasteiger partial charge in [-0.25, -0.2) is 4.98 Å². The van der Waals surface area contributed by atoms with Crippen LogP contribution < -0.4 is 10.1 Å². The number of hydrogen-bond donors (Lipinski definition) is 1. The first kappa shape index (κ1) is 17.6. The maximum atomic E-state index is 12.1. The highest BCUT2D eigenvalue weighted by atomic mass is 16.5. The van der Waals surface area contributed by atoms with Crippen LogP contribution in [0.3, 0.4) is 0 Å². The summed E-state index contributed by atoms with van der Waals surface area (Å²) in [5.74, 6) is 1.85. The minimum absolute atomic E-state index is 0.244. The number of imidazole rings is 1. The zero-order valence-electron chi connectivity index (χ0n) is 15.3. The van der Waals surface area contributed by atoms with Gasteiger partial charge in [0.05, 0.1) is 5.69 Å². The molecule has 3 heterocycles. The van der Waals surface area contributed by atoms with Crippen LogP contribution in [0.1, 0.15) is 17.2 Å². The number of furan rings is 1. The number of amides is 1. The summed E-state index contributed by atoms with van der Waals surface area (Å²) in [6, 6.07) is 16.7. The zero-order chi connectivity index (χ0) is 19.3. The molecule has 0 spiro atoms. The first-order chi connectivity index (χ1) is 13.7. The lowest BCUT2D eigenvalue weighted by molar-refractivity contribution is -0.111. The summed E-state index contributed by atoms with van der Waals surface area (Å²) in [5.41, 5.74) is 2.36. The minimum Gasteiger partial charge on any atom is -0.487 e. The van der Waals surface area contributed by atoms with E-state index in [1.807, 2.05) is 66.2 Å². The first-order valence-electron chi connectivity index (χ1n) is 8.87. The number of aromatic nitrogens is 2. The predicted octanol–water partition coefficient (Wildman–Crippen LogP) is 4.47. The van der Waals surface area contributed by atoms with Gasteiger partial charge in [0.25, 0.3) is 0 Å². The van der Waals surface area contributed by atoms with Crippen LogP contribution in [0.15, 0.2) is 77.5 Å². The number of benzene rings is 1. The summed E-state index contributed by atoms with van der Waals surface area (Å²) in [7, 11) is 0. The van der Waals surface area contributed by atoms with E-state index in [1.165, 1.54) is 6.08 Å². The third-order valence-electron chi connectivity index (χ3n) is 4.06. The molecule has 0 aliphatic heterocycles. The maximum Gasteiger partial charge on any atom is 0.248 e. The molecule has 0 radical (unpaired) electrons. The number of carbonyl (C=O) groups excluding carboxylic acids is 1. The second kappa shape index (κ2) is 7.84. The summed E-state index contributed by atoms with van der Waals surface area (Å²) in [5, 5.41) is 2.81. The number of nitrogens with zero attached hydrogens (tertiary/aromatic N) is 2. The molecule has 0 atom stereocenters. The Morgan fingerprint density at radius 2 is 2.14 bits per heavy atom. The van der Waals surface area contributed by atoms with E-state index in [1.54, 1.807) is 18.2 Å². The van der Waals surface area contributed by atoms with E-state index in [4.69, 9.17) is 9.15 Å². The third kappa shape index (κ3) is 4.29. The number of hydrogen-bond acceptors (Lipinski definition) is 4. The Labute approximate surface area is 162 Å². The van der Waals surface area contributed by atoms with Crippen molar-refractivity contribution in [3.63, 3.8) is 0 Å². The van der Waals surface area contributed by atoms with Crippen LogP contribution in [0.4, 0.5) is 5.69 Å². The number of rotatable bonds is 6. The number of pyridine rings is 1. The summed E-state index contributed by atoms with van der Waals surface area (Å²) in [6.45, 7) is 2.20. The number of anilines is 1. The summed E-state index contributed by atoms with van der Waals surface area (Å²) < 4.78 is 13.2. The molecule has 0 fully saturated rings. The molecule has 0 aliphatic carbocycles. The summed E-state index contributed by atoms with van der Waals surface area (Å²) in [4.78, 5) is 16.6. The molecule has 28 heavy (non-hydrogen) atoms. The van der Waals surface area contributed by atoms with Crippen LogP contribution in [0.2, 0.25) is 0 Å². The Morgan fingerprint density at radius 1 is 1.21 bits per heavy atom. The van der Waals surface area contributed by atoms with E-state index in [2.05, 4.69) is 10.3 Å². The van der Waals surface area contributed by atoms with Crippen LogP contribution in [-0.4, -0.2) is 15.3 Å². The normalized spacial score (nSPS) is 11.2. The fourth-order valence-corrected chi connectivity index (χ4v) is 2.76. The molecule has 1 aromatic carbocycles. The van der Waals surface area contributed by atoms with Gasteiger partial charge in [-0.05, 0) is 49.4 Å².